The zero-order valence-electron chi connectivity index (χ0n) is 12.7. The van der Waals surface area contributed by atoms with Crippen LogP contribution in [0.2, 0.25) is 0 Å². The van der Waals surface area contributed by atoms with Gasteiger partial charge in [-0.15, -0.1) is 0 Å². The molecule has 19 heavy (non-hydrogen) atoms. The van der Waals surface area contributed by atoms with Crippen LogP contribution in [-0.2, 0) is 0 Å². The molecule has 1 aliphatic heterocycles. The van der Waals surface area contributed by atoms with Crippen molar-refractivity contribution >= 4 is 0 Å². The van der Waals surface area contributed by atoms with Crippen molar-refractivity contribution in [2.24, 2.45) is 0 Å². The summed E-state index contributed by atoms with van der Waals surface area (Å²) in [6.45, 7) is 5.68. The van der Waals surface area contributed by atoms with Gasteiger partial charge in [0.15, 0.2) is 0 Å². The Morgan fingerprint density at radius 2 is 1.74 bits per heavy atom. The predicted molar refractivity (Wildman–Crippen MR) is 77.5 cm³/mol. The molecule has 7 nitrogen and oxygen atoms in total. The van der Waals surface area contributed by atoms with Crippen molar-refractivity contribution in [2.75, 3.05) is 34.2 Å². The summed E-state index contributed by atoms with van der Waals surface area (Å²) >= 11 is 0. The van der Waals surface area contributed by atoms with E-state index in [1.54, 1.807) is 0 Å². The summed E-state index contributed by atoms with van der Waals surface area (Å²) < 4.78 is 0. The number of nitrogens with one attached hydrogen (secondary N) is 6. The highest BCUT2D eigenvalue weighted by Gasteiger charge is 2.52. The Kier molecular flexibility index (Phi) is 6.13. The fraction of sp³-hybridized carbons (Fsp3) is 1.00. The maximum atomic E-state index is 10.5. The standard InChI is InChI=1S/C12H30N6O/c1-6-16-11(14-4)8-9(19)10(13-3)12(15-5,18-11)17-7-2/h9-10,13-19H,6-8H2,1-5H3. The highest BCUT2D eigenvalue weighted by molar-refractivity contribution is 5.07. The van der Waals surface area contributed by atoms with Gasteiger partial charge in [0.25, 0.3) is 0 Å². The second-order valence-corrected chi connectivity index (χ2v) is 4.94. The van der Waals surface area contributed by atoms with Crippen molar-refractivity contribution in [3.63, 3.8) is 0 Å². The van der Waals surface area contributed by atoms with Gasteiger partial charge in [-0.2, -0.15) is 0 Å². The van der Waals surface area contributed by atoms with Crippen LogP contribution in [0.3, 0.4) is 0 Å². The number of piperidine rings is 1. The number of likely N-dealkylation sites (N-methyl/N-ethyl adjacent to an activating group) is 3. The van der Waals surface area contributed by atoms with Gasteiger partial charge < -0.3 is 10.4 Å². The van der Waals surface area contributed by atoms with Crippen LogP contribution < -0.4 is 31.9 Å². The molecule has 1 saturated heterocycles. The lowest BCUT2D eigenvalue weighted by molar-refractivity contribution is -0.0644. The van der Waals surface area contributed by atoms with Crippen molar-refractivity contribution in [1.82, 2.24) is 31.9 Å². The van der Waals surface area contributed by atoms with Gasteiger partial charge in [-0.1, -0.05) is 13.8 Å². The number of hydrogen-bond donors (Lipinski definition) is 7. The average Bonchev–Trinajstić information content (AvgIpc) is 2.39. The molecule has 0 saturated carbocycles. The lowest BCUT2D eigenvalue weighted by Gasteiger charge is -2.55. The predicted octanol–water partition coefficient (Wildman–Crippen LogP) is -2.11. The SMILES string of the molecule is CCNC1(NC)CC(O)C(NC)C(NC)(NCC)N1. The second-order valence-electron chi connectivity index (χ2n) is 4.94. The lowest BCUT2D eigenvalue weighted by atomic mass is 9.90. The molecule has 1 aliphatic rings. The van der Waals surface area contributed by atoms with E-state index in [1.165, 1.54) is 0 Å². The number of aliphatic hydroxyl groups is 1. The molecular weight excluding hydrogens is 244 g/mol. The molecule has 7 N–H and O–H groups in total. The molecule has 7 heteroatoms. The van der Waals surface area contributed by atoms with Crippen LogP contribution in [0, 0.1) is 0 Å². The molecule has 0 aromatic rings. The average molecular weight is 274 g/mol. The third kappa shape index (κ3) is 3.25. The van der Waals surface area contributed by atoms with Gasteiger partial charge >= 0.3 is 0 Å². The van der Waals surface area contributed by atoms with Crippen molar-refractivity contribution in [3.8, 4) is 0 Å². The zero-order valence-corrected chi connectivity index (χ0v) is 12.7. The Bertz CT molecular complexity index is 279. The van der Waals surface area contributed by atoms with Crippen molar-refractivity contribution in [2.45, 2.75) is 44.0 Å². The molecule has 0 radical (unpaired) electrons. The Balaban J connectivity index is 3.07. The van der Waals surface area contributed by atoms with E-state index < -0.39 is 17.7 Å². The first-order valence-corrected chi connectivity index (χ1v) is 7.05. The van der Waals surface area contributed by atoms with E-state index in [0.717, 1.165) is 13.1 Å². The van der Waals surface area contributed by atoms with Crippen LogP contribution in [0.25, 0.3) is 0 Å². The topological polar surface area (TPSA) is 92.4 Å². The van der Waals surface area contributed by atoms with Gasteiger partial charge in [0.2, 0.25) is 0 Å². The highest BCUT2D eigenvalue weighted by atomic mass is 16.3. The first kappa shape index (κ1) is 16.8. The van der Waals surface area contributed by atoms with Crippen LogP contribution in [0.1, 0.15) is 20.3 Å². The molecule has 114 valence electrons. The van der Waals surface area contributed by atoms with E-state index in [1.807, 2.05) is 35.0 Å². The summed E-state index contributed by atoms with van der Waals surface area (Å²) in [6.07, 6.45) is 0.0711. The Morgan fingerprint density at radius 1 is 1.11 bits per heavy atom. The van der Waals surface area contributed by atoms with Crippen molar-refractivity contribution in [3.05, 3.63) is 0 Å². The zero-order chi connectivity index (χ0) is 14.5. The molecule has 4 atom stereocenters. The summed E-state index contributed by atoms with van der Waals surface area (Å²) in [5.41, 5.74) is 0. The van der Waals surface area contributed by atoms with Crippen LogP contribution in [-0.4, -0.2) is 63.1 Å². The Morgan fingerprint density at radius 3 is 2.16 bits per heavy atom. The molecule has 1 rings (SSSR count). The minimum absolute atomic E-state index is 0.141. The van der Waals surface area contributed by atoms with Gasteiger partial charge in [0.05, 0.1) is 12.1 Å². The number of aliphatic hydroxyl groups excluding tert-OH is 1. The van der Waals surface area contributed by atoms with Gasteiger partial charge in [0, 0.05) is 6.42 Å². The minimum Gasteiger partial charge on any atom is -0.391 e. The third-order valence-corrected chi connectivity index (χ3v) is 3.84. The first-order valence-electron chi connectivity index (χ1n) is 7.05. The van der Waals surface area contributed by atoms with Crippen molar-refractivity contribution < 1.29 is 5.11 Å². The van der Waals surface area contributed by atoms with E-state index in [4.69, 9.17) is 0 Å². The normalized spacial score (nSPS) is 39.5. The van der Waals surface area contributed by atoms with Crippen LogP contribution in [0.4, 0.5) is 0 Å². The van der Waals surface area contributed by atoms with Crippen LogP contribution >= 0.6 is 0 Å². The molecule has 0 aromatic carbocycles. The third-order valence-electron chi connectivity index (χ3n) is 3.84. The van der Waals surface area contributed by atoms with Gasteiger partial charge in [-0.3, -0.25) is 26.6 Å². The largest absolute Gasteiger partial charge is 0.391 e. The van der Waals surface area contributed by atoms with E-state index in [0.29, 0.717) is 6.42 Å². The van der Waals surface area contributed by atoms with Crippen LogP contribution in [0.5, 0.6) is 0 Å². The van der Waals surface area contributed by atoms with E-state index in [9.17, 15) is 5.11 Å². The molecule has 1 fully saturated rings. The van der Waals surface area contributed by atoms with Gasteiger partial charge in [0.1, 0.15) is 11.6 Å². The van der Waals surface area contributed by atoms with E-state index >= 15 is 0 Å². The lowest BCUT2D eigenvalue weighted by Crippen LogP contribution is -2.88. The summed E-state index contributed by atoms with van der Waals surface area (Å²) in [5, 5.41) is 30.5. The Labute approximate surface area is 116 Å². The first-order chi connectivity index (χ1) is 9.03. The maximum absolute atomic E-state index is 10.5. The van der Waals surface area contributed by atoms with Gasteiger partial charge in [-0.05, 0) is 34.2 Å². The molecule has 0 aromatic heterocycles. The number of hydrogen-bond acceptors (Lipinski definition) is 7. The molecule has 4 unspecified atom stereocenters. The molecule has 0 bridgehead atoms. The highest BCUT2D eigenvalue weighted by Crippen LogP contribution is 2.23. The molecule has 0 aliphatic carbocycles. The van der Waals surface area contributed by atoms with E-state index in [-0.39, 0.29) is 6.04 Å². The quantitative estimate of drug-likeness (QED) is 0.267. The number of rotatable bonds is 7. The van der Waals surface area contributed by atoms with E-state index in [2.05, 4.69) is 31.9 Å². The summed E-state index contributed by atoms with van der Waals surface area (Å²) in [6, 6.07) is -0.141. The molecule has 0 spiro atoms. The smallest absolute Gasteiger partial charge is 0.144 e. The second kappa shape index (κ2) is 6.94. The molecule has 0 amide bonds. The summed E-state index contributed by atoms with van der Waals surface area (Å²) in [5.74, 6) is -1.10. The maximum Gasteiger partial charge on any atom is 0.144 e. The minimum atomic E-state index is -0.591. The van der Waals surface area contributed by atoms with Crippen molar-refractivity contribution in [1.29, 1.82) is 0 Å². The van der Waals surface area contributed by atoms with Crippen LogP contribution in [0.15, 0.2) is 0 Å². The molecule has 1 heterocycles. The fourth-order valence-electron chi connectivity index (χ4n) is 3.00. The van der Waals surface area contributed by atoms with Gasteiger partial charge in [-0.25, -0.2) is 0 Å². The summed E-state index contributed by atoms with van der Waals surface area (Å²) in [4.78, 5) is 0. The monoisotopic (exact) mass is 274 g/mol. The Hall–Kier alpha value is -0.280. The fourth-order valence-corrected chi connectivity index (χ4v) is 3.00. The molecular formula is C12H30N6O. The summed E-state index contributed by atoms with van der Waals surface area (Å²) in [7, 11) is 5.62.